The van der Waals surface area contributed by atoms with Crippen molar-refractivity contribution in [2.75, 3.05) is 0 Å². The molecule has 1 aliphatic carbocycles. The van der Waals surface area contributed by atoms with E-state index in [4.69, 9.17) is 11.6 Å². The molecular formula is C22H19BrClN3O. The molecule has 5 rings (SSSR count). The van der Waals surface area contributed by atoms with E-state index in [0.29, 0.717) is 10.7 Å². The van der Waals surface area contributed by atoms with Crippen LogP contribution in [-0.2, 0) is 0 Å². The van der Waals surface area contributed by atoms with Gasteiger partial charge in [-0.05, 0) is 42.7 Å². The van der Waals surface area contributed by atoms with E-state index < -0.39 is 0 Å². The van der Waals surface area contributed by atoms with E-state index >= 15 is 0 Å². The largest absolute Gasteiger partial charge is 0.323 e. The summed E-state index contributed by atoms with van der Waals surface area (Å²) in [6.07, 6.45) is 4.48. The highest BCUT2D eigenvalue weighted by Gasteiger charge is 2.45. The molecule has 142 valence electrons. The lowest BCUT2D eigenvalue weighted by Gasteiger charge is -2.32. The van der Waals surface area contributed by atoms with Crippen molar-refractivity contribution in [1.29, 1.82) is 0 Å². The summed E-state index contributed by atoms with van der Waals surface area (Å²) in [7, 11) is 0. The smallest absolute Gasteiger partial charge is 0.273 e. The summed E-state index contributed by atoms with van der Waals surface area (Å²) in [5.41, 5.74) is 4.49. The molecular weight excluding hydrogens is 438 g/mol. The Morgan fingerprint density at radius 3 is 2.39 bits per heavy atom. The Balaban J connectivity index is 1.67. The number of fused-ring (bicyclic) bond motifs is 1. The molecule has 0 radical (unpaired) electrons. The molecule has 6 heteroatoms. The van der Waals surface area contributed by atoms with Crippen molar-refractivity contribution >= 4 is 33.4 Å². The van der Waals surface area contributed by atoms with Gasteiger partial charge in [0.15, 0.2) is 0 Å². The lowest BCUT2D eigenvalue weighted by Crippen LogP contribution is -2.37. The number of hydrogen-bond acceptors (Lipinski definition) is 2. The molecule has 1 N–H and O–H groups in total. The van der Waals surface area contributed by atoms with Crippen LogP contribution in [0.15, 0.2) is 53.0 Å². The van der Waals surface area contributed by atoms with Gasteiger partial charge >= 0.3 is 0 Å². The Morgan fingerprint density at radius 1 is 1.04 bits per heavy atom. The quantitative estimate of drug-likeness (QED) is 0.527. The van der Waals surface area contributed by atoms with Crippen molar-refractivity contribution in [3.8, 4) is 11.3 Å². The fourth-order valence-electron chi connectivity index (χ4n) is 4.52. The van der Waals surface area contributed by atoms with E-state index in [9.17, 15) is 4.79 Å². The Labute approximate surface area is 177 Å². The van der Waals surface area contributed by atoms with E-state index in [-0.39, 0.29) is 18.0 Å². The zero-order valence-electron chi connectivity index (χ0n) is 15.2. The van der Waals surface area contributed by atoms with Gasteiger partial charge in [0.05, 0.1) is 11.7 Å². The van der Waals surface area contributed by atoms with Crippen LogP contribution in [0, 0.1) is 0 Å². The van der Waals surface area contributed by atoms with Crippen molar-refractivity contribution in [1.82, 2.24) is 15.1 Å². The number of amides is 1. The first-order valence-electron chi connectivity index (χ1n) is 9.56. The van der Waals surface area contributed by atoms with E-state index in [1.54, 1.807) is 0 Å². The van der Waals surface area contributed by atoms with Gasteiger partial charge in [0, 0.05) is 26.7 Å². The maximum Gasteiger partial charge on any atom is 0.273 e. The van der Waals surface area contributed by atoms with Gasteiger partial charge in [0.1, 0.15) is 5.69 Å². The van der Waals surface area contributed by atoms with Gasteiger partial charge in [0.25, 0.3) is 5.91 Å². The first-order chi connectivity index (χ1) is 13.6. The summed E-state index contributed by atoms with van der Waals surface area (Å²) in [6, 6.07) is 16.0. The number of carbonyl (C=O) groups excluding carboxylic acids is 1. The van der Waals surface area contributed by atoms with Crippen LogP contribution in [0.2, 0.25) is 5.02 Å². The summed E-state index contributed by atoms with van der Waals surface area (Å²) in [6.45, 7) is 0. The summed E-state index contributed by atoms with van der Waals surface area (Å²) < 4.78 is 1.03. The highest BCUT2D eigenvalue weighted by atomic mass is 79.9. The molecule has 0 spiro atoms. The first-order valence-corrected chi connectivity index (χ1v) is 10.7. The third-order valence-corrected chi connectivity index (χ3v) is 6.61. The SMILES string of the molecule is O=C1c2[nH]nc(-c3ccc(Cl)cc3)c2C(c2ccc(Br)cc2)N1C1CCCC1. The summed E-state index contributed by atoms with van der Waals surface area (Å²) in [5, 5.41) is 8.23. The zero-order valence-corrected chi connectivity index (χ0v) is 17.5. The highest BCUT2D eigenvalue weighted by molar-refractivity contribution is 9.10. The number of carbonyl (C=O) groups is 1. The normalized spacial score (nSPS) is 19.4. The van der Waals surface area contributed by atoms with Crippen molar-refractivity contribution in [3.05, 3.63) is 74.8 Å². The lowest BCUT2D eigenvalue weighted by molar-refractivity contribution is 0.0660. The molecule has 0 bridgehead atoms. The van der Waals surface area contributed by atoms with Gasteiger partial charge in [-0.15, -0.1) is 0 Å². The molecule has 1 aliphatic heterocycles. The van der Waals surface area contributed by atoms with Crippen LogP contribution < -0.4 is 0 Å². The van der Waals surface area contributed by atoms with Crippen LogP contribution in [0.4, 0.5) is 0 Å². The molecule has 3 aromatic rings. The lowest BCUT2D eigenvalue weighted by atomic mass is 9.95. The number of nitrogens with zero attached hydrogens (tertiary/aromatic N) is 2. The third kappa shape index (κ3) is 2.88. The van der Waals surface area contributed by atoms with Gasteiger partial charge in [-0.1, -0.05) is 64.6 Å². The Hall–Kier alpha value is -2.11. The van der Waals surface area contributed by atoms with Gasteiger partial charge < -0.3 is 4.90 Å². The minimum atomic E-state index is -0.122. The van der Waals surface area contributed by atoms with E-state index in [1.807, 2.05) is 36.4 Å². The maximum absolute atomic E-state index is 13.4. The van der Waals surface area contributed by atoms with Gasteiger partial charge in [-0.25, -0.2) is 0 Å². The van der Waals surface area contributed by atoms with Crippen molar-refractivity contribution in [3.63, 3.8) is 0 Å². The number of halogens is 2. The van der Waals surface area contributed by atoms with Crippen LogP contribution >= 0.6 is 27.5 Å². The zero-order chi connectivity index (χ0) is 19.3. The minimum absolute atomic E-state index is 0.0579. The van der Waals surface area contributed by atoms with Crippen molar-refractivity contribution in [2.45, 2.75) is 37.8 Å². The summed E-state index contributed by atoms with van der Waals surface area (Å²) in [5.74, 6) is 0.0579. The molecule has 28 heavy (non-hydrogen) atoms. The average molecular weight is 457 g/mol. The minimum Gasteiger partial charge on any atom is -0.323 e. The topological polar surface area (TPSA) is 49.0 Å². The Bertz CT molecular complexity index is 1020. The van der Waals surface area contributed by atoms with Crippen LogP contribution in [-0.4, -0.2) is 27.0 Å². The average Bonchev–Trinajstić information content (AvgIpc) is 3.41. The molecule has 1 atom stereocenters. The Kier molecular flexibility index (Phi) is 4.52. The molecule has 4 nitrogen and oxygen atoms in total. The maximum atomic E-state index is 13.4. The number of hydrogen-bond donors (Lipinski definition) is 1. The molecule has 1 aromatic heterocycles. The molecule has 1 unspecified atom stereocenters. The molecule has 1 saturated carbocycles. The molecule has 1 fully saturated rings. The van der Waals surface area contributed by atoms with Gasteiger partial charge in [-0.3, -0.25) is 9.89 Å². The number of aromatic nitrogens is 2. The van der Waals surface area contributed by atoms with Crippen molar-refractivity contribution in [2.24, 2.45) is 0 Å². The standard InChI is InChI=1S/C22H19BrClN3O/c23-15-9-5-14(6-10-15)21-18-19(13-7-11-16(24)12-8-13)25-26-20(18)22(28)27(21)17-3-1-2-4-17/h5-12,17,21H,1-4H2,(H,25,26). The van der Waals surface area contributed by atoms with Crippen LogP contribution in [0.1, 0.15) is 53.3 Å². The molecule has 2 aliphatic rings. The first kappa shape index (κ1) is 18.0. The van der Waals surface area contributed by atoms with Crippen molar-refractivity contribution < 1.29 is 4.79 Å². The van der Waals surface area contributed by atoms with E-state index in [1.165, 1.54) is 12.8 Å². The number of H-pyrrole nitrogens is 1. The van der Waals surface area contributed by atoms with Crippen LogP contribution in [0.25, 0.3) is 11.3 Å². The molecule has 0 saturated heterocycles. The monoisotopic (exact) mass is 455 g/mol. The molecule has 2 aromatic carbocycles. The number of benzene rings is 2. The number of rotatable bonds is 3. The summed E-state index contributed by atoms with van der Waals surface area (Å²) >= 11 is 9.59. The predicted molar refractivity (Wildman–Crippen MR) is 113 cm³/mol. The van der Waals surface area contributed by atoms with E-state index in [2.05, 4.69) is 43.2 Å². The second-order valence-corrected chi connectivity index (χ2v) is 8.82. The fraction of sp³-hybridized carbons (Fsp3) is 0.273. The predicted octanol–water partition coefficient (Wildman–Crippen LogP) is 5.98. The second kappa shape index (κ2) is 7.05. The van der Waals surface area contributed by atoms with Gasteiger partial charge in [0.2, 0.25) is 0 Å². The molecule has 1 amide bonds. The Morgan fingerprint density at radius 2 is 1.71 bits per heavy atom. The van der Waals surface area contributed by atoms with Crippen LogP contribution in [0.3, 0.4) is 0 Å². The van der Waals surface area contributed by atoms with Gasteiger partial charge in [-0.2, -0.15) is 5.10 Å². The number of aromatic amines is 1. The highest BCUT2D eigenvalue weighted by Crippen LogP contribution is 2.46. The summed E-state index contributed by atoms with van der Waals surface area (Å²) in [4.78, 5) is 15.4. The van der Waals surface area contributed by atoms with E-state index in [0.717, 1.165) is 39.7 Å². The molecule has 2 heterocycles. The third-order valence-electron chi connectivity index (χ3n) is 5.83. The second-order valence-electron chi connectivity index (χ2n) is 7.47. The fourth-order valence-corrected chi connectivity index (χ4v) is 4.91. The van der Waals surface area contributed by atoms with Crippen LogP contribution in [0.5, 0.6) is 0 Å². The number of nitrogens with one attached hydrogen (secondary N) is 1.